The van der Waals surface area contributed by atoms with Crippen LogP contribution in [0.5, 0.6) is 0 Å². The van der Waals surface area contributed by atoms with Gasteiger partial charge in [0, 0.05) is 25.9 Å². The van der Waals surface area contributed by atoms with Crippen LogP contribution in [0.1, 0.15) is 16.8 Å². The Hall–Kier alpha value is -2.15. The molecule has 0 unspecified atom stereocenters. The molecule has 0 aromatic heterocycles. The Balaban J connectivity index is 2.55. The molecule has 0 bridgehead atoms. The Morgan fingerprint density at radius 3 is 2.79 bits per heavy atom. The standard InChI is InChI=1S/C12H15FN2O4/c1-19-6-2-5-14-12(18)15-8-3-4-10(13)9(7-8)11(16)17/h3-4,7H,2,5-6H2,1H3,(H,16,17)(H2,14,15,18). The minimum atomic E-state index is -1.39. The SMILES string of the molecule is COCCCNC(=O)Nc1ccc(F)c(C(=O)O)c1. The summed E-state index contributed by atoms with van der Waals surface area (Å²) in [6.07, 6.45) is 0.660. The molecule has 0 heterocycles. The molecular formula is C12H15FN2O4. The van der Waals surface area contributed by atoms with Crippen LogP contribution in [0.15, 0.2) is 18.2 Å². The number of nitrogens with one attached hydrogen (secondary N) is 2. The number of anilines is 1. The van der Waals surface area contributed by atoms with E-state index in [9.17, 15) is 14.0 Å². The number of ether oxygens (including phenoxy) is 1. The van der Waals surface area contributed by atoms with E-state index < -0.39 is 23.4 Å². The van der Waals surface area contributed by atoms with Crippen molar-refractivity contribution in [3.05, 3.63) is 29.6 Å². The number of urea groups is 1. The number of halogens is 1. The lowest BCUT2D eigenvalue weighted by Crippen LogP contribution is -2.30. The summed E-state index contributed by atoms with van der Waals surface area (Å²) in [5, 5.41) is 13.7. The summed E-state index contributed by atoms with van der Waals surface area (Å²) in [6, 6.07) is 2.85. The van der Waals surface area contributed by atoms with Crippen LogP contribution in [0, 0.1) is 5.82 Å². The van der Waals surface area contributed by atoms with Gasteiger partial charge in [-0.15, -0.1) is 0 Å². The predicted octanol–water partition coefficient (Wildman–Crippen LogP) is 1.68. The summed E-state index contributed by atoms with van der Waals surface area (Å²) >= 11 is 0. The second-order valence-corrected chi connectivity index (χ2v) is 3.73. The van der Waals surface area contributed by atoms with Crippen molar-refractivity contribution in [2.45, 2.75) is 6.42 Å². The van der Waals surface area contributed by atoms with Gasteiger partial charge in [-0.3, -0.25) is 0 Å². The van der Waals surface area contributed by atoms with E-state index in [4.69, 9.17) is 9.84 Å². The van der Waals surface area contributed by atoms with Crippen molar-refractivity contribution >= 4 is 17.7 Å². The van der Waals surface area contributed by atoms with Crippen molar-refractivity contribution in [2.24, 2.45) is 0 Å². The van der Waals surface area contributed by atoms with Gasteiger partial charge in [0.1, 0.15) is 5.82 Å². The maximum Gasteiger partial charge on any atom is 0.338 e. The van der Waals surface area contributed by atoms with Gasteiger partial charge in [-0.25, -0.2) is 14.0 Å². The van der Waals surface area contributed by atoms with Gasteiger partial charge in [0.2, 0.25) is 0 Å². The number of hydrogen-bond donors (Lipinski definition) is 3. The normalized spacial score (nSPS) is 10.0. The summed E-state index contributed by atoms with van der Waals surface area (Å²) in [6.45, 7) is 0.951. The number of carboxylic acid groups (broad SMARTS) is 1. The number of aromatic carboxylic acids is 1. The Morgan fingerprint density at radius 1 is 1.42 bits per heavy atom. The van der Waals surface area contributed by atoms with E-state index in [-0.39, 0.29) is 5.69 Å². The first-order chi connectivity index (χ1) is 9.04. The smallest absolute Gasteiger partial charge is 0.338 e. The number of carbonyl (C=O) groups excluding carboxylic acids is 1. The van der Waals surface area contributed by atoms with Crippen LogP contribution in [0.4, 0.5) is 14.9 Å². The van der Waals surface area contributed by atoms with Crippen LogP contribution in [0.3, 0.4) is 0 Å². The van der Waals surface area contributed by atoms with Crippen LogP contribution in [0.2, 0.25) is 0 Å². The third kappa shape index (κ3) is 4.92. The van der Waals surface area contributed by atoms with Crippen molar-refractivity contribution in [1.29, 1.82) is 0 Å². The maximum absolute atomic E-state index is 13.1. The summed E-state index contributed by atoms with van der Waals surface area (Å²) in [5.74, 6) is -2.24. The number of carbonyl (C=O) groups is 2. The summed E-state index contributed by atoms with van der Waals surface area (Å²) in [5.41, 5.74) is -0.278. The predicted molar refractivity (Wildman–Crippen MR) is 66.9 cm³/mol. The quantitative estimate of drug-likeness (QED) is 0.686. The average Bonchev–Trinajstić information content (AvgIpc) is 2.36. The molecule has 2 amide bonds. The largest absolute Gasteiger partial charge is 0.478 e. The van der Waals surface area contributed by atoms with E-state index in [0.717, 1.165) is 12.1 Å². The fourth-order valence-corrected chi connectivity index (χ4v) is 1.36. The molecule has 7 heteroatoms. The first-order valence-corrected chi connectivity index (χ1v) is 5.61. The highest BCUT2D eigenvalue weighted by molar-refractivity contribution is 5.93. The molecule has 0 radical (unpaired) electrons. The number of methoxy groups -OCH3 is 1. The van der Waals surface area contributed by atoms with Gasteiger partial charge in [-0.05, 0) is 24.6 Å². The Bertz CT molecular complexity index is 465. The monoisotopic (exact) mass is 270 g/mol. The van der Waals surface area contributed by atoms with Crippen LogP contribution in [-0.2, 0) is 4.74 Å². The molecule has 0 spiro atoms. The molecule has 1 rings (SSSR count). The second kappa shape index (κ2) is 7.32. The minimum absolute atomic E-state index is 0.211. The van der Waals surface area contributed by atoms with Gasteiger partial charge >= 0.3 is 12.0 Å². The minimum Gasteiger partial charge on any atom is -0.478 e. The molecule has 19 heavy (non-hydrogen) atoms. The van der Waals surface area contributed by atoms with E-state index in [0.29, 0.717) is 19.6 Å². The van der Waals surface area contributed by atoms with Gasteiger partial charge in [0.05, 0.1) is 5.56 Å². The second-order valence-electron chi connectivity index (χ2n) is 3.73. The number of rotatable bonds is 6. The molecule has 1 aromatic rings. The molecule has 1 aromatic carbocycles. The fraction of sp³-hybridized carbons (Fsp3) is 0.333. The van der Waals surface area contributed by atoms with E-state index >= 15 is 0 Å². The van der Waals surface area contributed by atoms with Crippen LogP contribution in [-0.4, -0.2) is 37.4 Å². The first kappa shape index (κ1) is 14.9. The number of benzene rings is 1. The van der Waals surface area contributed by atoms with Crippen molar-refractivity contribution < 1.29 is 23.8 Å². The lowest BCUT2D eigenvalue weighted by molar-refractivity contribution is 0.0692. The molecule has 0 atom stereocenters. The number of hydrogen-bond acceptors (Lipinski definition) is 3. The van der Waals surface area contributed by atoms with Gasteiger partial charge in [-0.1, -0.05) is 0 Å². The molecular weight excluding hydrogens is 255 g/mol. The molecule has 3 N–H and O–H groups in total. The van der Waals surface area contributed by atoms with E-state index in [1.807, 2.05) is 0 Å². The highest BCUT2D eigenvalue weighted by atomic mass is 19.1. The van der Waals surface area contributed by atoms with Gasteiger partial charge in [-0.2, -0.15) is 0 Å². The highest BCUT2D eigenvalue weighted by Gasteiger charge is 2.11. The van der Waals surface area contributed by atoms with Crippen molar-refractivity contribution in [1.82, 2.24) is 5.32 Å². The third-order valence-electron chi connectivity index (χ3n) is 2.27. The zero-order valence-corrected chi connectivity index (χ0v) is 10.4. The molecule has 0 saturated heterocycles. The van der Waals surface area contributed by atoms with Crippen LogP contribution < -0.4 is 10.6 Å². The third-order valence-corrected chi connectivity index (χ3v) is 2.27. The summed E-state index contributed by atoms with van der Waals surface area (Å²) in [4.78, 5) is 22.2. The maximum atomic E-state index is 13.1. The molecule has 0 fully saturated rings. The van der Waals surface area contributed by atoms with Gasteiger partial charge in [0.15, 0.2) is 0 Å². The Labute approximate surface area is 109 Å². The van der Waals surface area contributed by atoms with Crippen molar-refractivity contribution in [3.8, 4) is 0 Å². The van der Waals surface area contributed by atoms with Gasteiger partial charge < -0.3 is 20.5 Å². The first-order valence-electron chi connectivity index (χ1n) is 5.61. The van der Waals surface area contributed by atoms with Crippen molar-refractivity contribution in [3.63, 3.8) is 0 Å². The molecule has 0 aliphatic rings. The average molecular weight is 270 g/mol. The molecule has 6 nitrogen and oxygen atoms in total. The molecule has 0 saturated carbocycles. The fourth-order valence-electron chi connectivity index (χ4n) is 1.36. The zero-order valence-electron chi connectivity index (χ0n) is 10.4. The van der Waals surface area contributed by atoms with Gasteiger partial charge in [0.25, 0.3) is 0 Å². The lowest BCUT2D eigenvalue weighted by Gasteiger charge is -2.08. The lowest BCUT2D eigenvalue weighted by atomic mass is 10.2. The zero-order chi connectivity index (χ0) is 14.3. The van der Waals surface area contributed by atoms with E-state index in [2.05, 4.69) is 10.6 Å². The number of amides is 2. The van der Waals surface area contributed by atoms with E-state index in [1.54, 1.807) is 7.11 Å². The van der Waals surface area contributed by atoms with Crippen molar-refractivity contribution in [2.75, 3.05) is 25.6 Å². The molecule has 104 valence electrons. The summed E-state index contributed by atoms with van der Waals surface area (Å²) < 4.78 is 17.9. The van der Waals surface area contributed by atoms with Crippen LogP contribution in [0.25, 0.3) is 0 Å². The highest BCUT2D eigenvalue weighted by Crippen LogP contribution is 2.14. The Morgan fingerprint density at radius 2 is 2.16 bits per heavy atom. The Kier molecular flexibility index (Phi) is 5.74. The molecule has 0 aliphatic heterocycles. The van der Waals surface area contributed by atoms with E-state index in [1.165, 1.54) is 6.07 Å². The van der Waals surface area contributed by atoms with Crippen LogP contribution >= 0.6 is 0 Å². The molecule has 0 aliphatic carbocycles. The topological polar surface area (TPSA) is 87.7 Å². The number of carboxylic acids is 1. The summed E-state index contributed by atoms with van der Waals surface area (Å²) in [7, 11) is 1.56.